The summed E-state index contributed by atoms with van der Waals surface area (Å²) in [6, 6.07) is 4.24. The molecule has 5 heteroatoms. The Balaban J connectivity index is 1.70. The summed E-state index contributed by atoms with van der Waals surface area (Å²) in [5.74, 6) is 2.65. The lowest BCUT2D eigenvalue weighted by molar-refractivity contribution is 0.140. The molecule has 1 N–H and O–H groups in total. The minimum Gasteiger partial charge on any atom is -0.356 e. The van der Waals surface area contributed by atoms with Crippen molar-refractivity contribution in [2.75, 3.05) is 40.3 Å². The summed E-state index contributed by atoms with van der Waals surface area (Å²) in [5, 5.41) is 3.50. The number of aromatic nitrogens is 1. The highest BCUT2D eigenvalue weighted by Crippen LogP contribution is 2.20. The van der Waals surface area contributed by atoms with E-state index in [0.717, 1.165) is 37.3 Å². The van der Waals surface area contributed by atoms with Crippen LogP contribution in [-0.2, 0) is 13.6 Å². The Labute approximate surface area is 147 Å². The summed E-state index contributed by atoms with van der Waals surface area (Å²) in [6.07, 6.45) is 4.63. The third kappa shape index (κ3) is 5.55. The van der Waals surface area contributed by atoms with Crippen molar-refractivity contribution in [2.24, 2.45) is 23.9 Å². The fraction of sp³-hybridized carbons (Fsp3) is 0.737. The number of aryl methyl sites for hydroxylation is 1. The normalized spacial score (nSPS) is 22.6. The van der Waals surface area contributed by atoms with E-state index in [1.165, 1.54) is 31.7 Å². The number of aliphatic imine (C=N–C) groups is 1. The highest BCUT2D eigenvalue weighted by Gasteiger charge is 2.21. The number of nitrogens with zero attached hydrogens (tertiary/aromatic N) is 4. The molecule has 1 saturated heterocycles. The molecule has 1 aliphatic heterocycles. The number of likely N-dealkylation sites (tertiary alicyclic amines) is 1. The summed E-state index contributed by atoms with van der Waals surface area (Å²) in [5.41, 5.74) is 1.29. The summed E-state index contributed by atoms with van der Waals surface area (Å²) < 4.78 is 2.16. The number of nitrogens with one attached hydrogen (secondary N) is 1. The van der Waals surface area contributed by atoms with Gasteiger partial charge in [0.05, 0.1) is 6.54 Å². The summed E-state index contributed by atoms with van der Waals surface area (Å²) in [7, 11) is 6.04. The van der Waals surface area contributed by atoms with Gasteiger partial charge in [0.25, 0.3) is 0 Å². The molecule has 0 aromatic carbocycles. The van der Waals surface area contributed by atoms with E-state index >= 15 is 0 Å². The van der Waals surface area contributed by atoms with Crippen molar-refractivity contribution in [1.29, 1.82) is 0 Å². The van der Waals surface area contributed by atoms with Gasteiger partial charge in [-0.2, -0.15) is 0 Å². The predicted molar refractivity (Wildman–Crippen MR) is 102 cm³/mol. The van der Waals surface area contributed by atoms with E-state index in [4.69, 9.17) is 0 Å². The topological polar surface area (TPSA) is 35.8 Å². The number of rotatable bonds is 6. The summed E-state index contributed by atoms with van der Waals surface area (Å²) in [4.78, 5) is 9.22. The third-order valence-electron chi connectivity index (χ3n) is 4.90. The number of hydrogen-bond donors (Lipinski definition) is 1. The molecule has 1 aromatic heterocycles. The molecule has 0 spiro atoms. The SMILES string of the molecule is CN=C(NCCCN1CC(C)CC(C)C1)N(C)Cc1cccn1C. The van der Waals surface area contributed by atoms with Crippen molar-refractivity contribution in [3.05, 3.63) is 24.0 Å². The Morgan fingerprint density at radius 2 is 2.04 bits per heavy atom. The maximum Gasteiger partial charge on any atom is 0.193 e. The molecule has 2 atom stereocenters. The smallest absolute Gasteiger partial charge is 0.193 e. The molecule has 2 unspecified atom stereocenters. The first-order chi connectivity index (χ1) is 11.5. The van der Waals surface area contributed by atoms with Crippen molar-refractivity contribution in [3.8, 4) is 0 Å². The predicted octanol–water partition coefficient (Wildman–Crippen LogP) is 2.40. The Bertz CT molecular complexity index is 512. The minimum absolute atomic E-state index is 0.839. The Morgan fingerprint density at radius 3 is 2.62 bits per heavy atom. The lowest BCUT2D eigenvalue weighted by Gasteiger charge is -2.35. The largest absolute Gasteiger partial charge is 0.356 e. The van der Waals surface area contributed by atoms with E-state index in [9.17, 15) is 0 Å². The molecule has 136 valence electrons. The van der Waals surface area contributed by atoms with Gasteiger partial charge in [0.2, 0.25) is 0 Å². The van der Waals surface area contributed by atoms with Gasteiger partial charge in [-0.05, 0) is 43.4 Å². The fourth-order valence-corrected chi connectivity index (χ4v) is 3.84. The Hall–Kier alpha value is -1.49. The second kappa shape index (κ2) is 9.11. The number of hydrogen-bond acceptors (Lipinski definition) is 2. The summed E-state index contributed by atoms with van der Waals surface area (Å²) >= 11 is 0. The molecule has 24 heavy (non-hydrogen) atoms. The third-order valence-corrected chi connectivity index (χ3v) is 4.90. The van der Waals surface area contributed by atoms with Crippen molar-refractivity contribution >= 4 is 5.96 Å². The molecular weight excluding hydrogens is 298 g/mol. The molecule has 0 saturated carbocycles. The minimum atomic E-state index is 0.839. The average Bonchev–Trinajstić information content (AvgIpc) is 2.91. The van der Waals surface area contributed by atoms with Gasteiger partial charge in [-0.3, -0.25) is 4.99 Å². The molecule has 2 rings (SSSR count). The monoisotopic (exact) mass is 333 g/mol. The number of guanidine groups is 1. The zero-order chi connectivity index (χ0) is 17.5. The summed E-state index contributed by atoms with van der Waals surface area (Å²) in [6.45, 7) is 10.3. The van der Waals surface area contributed by atoms with E-state index in [1.807, 2.05) is 7.05 Å². The lowest BCUT2D eigenvalue weighted by atomic mass is 9.92. The first kappa shape index (κ1) is 18.8. The van der Waals surface area contributed by atoms with Crippen molar-refractivity contribution in [1.82, 2.24) is 19.7 Å². The Kier molecular flexibility index (Phi) is 7.16. The molecule has 5 nitrogen and oxygen atoms in total. The molecule has 1 fully saturated rings. The number of piperidine rings is 1. The highest BCUT2D eigenvalue weighted by molar-refractivity contribution is 5.79. The van der Waals surface area contributed by atoms with Crippen LogP contribution < -0.4 is 5.32 Å². The molecule has 2 heterocycles. The molecule has 0 bridgehead atoms. The zero-order valence-corrected chi connectivity index (χ0v) is 16.1. The molecular formula is C19H35N5. The van der Waals surface area contributed by atoms with E-state index in [0.29, 0.717) is 0 Å². The molecule has 0 aliphatic carbocycles. The van der Waals surface area contributed by atoms with Gasteiger partial charge in [0, 0.05) is 52.7 Å². The maximum absolute atomic E-state index is 4.42. The first-order valence-corrected chi connectivity index (χ1v) is 9.24. The lowest BCUT2D eigenvalue weighted by Crippen LogP contribution is -2.42. The van der Waals surface area contributed by atoms with Crippen molar-refractivity contribution in [3.63, 3.8) is 0 Å². The van der Waals surface area contributed by atoms with Gasteiger partial charge >= 0.3 is 0 Å². The second-order valence-electron chi connectivity index (χ2n) is 7.50. The van der Waals surface area contributed by atoms with Crippen LogP contribution in [-0.4, -0.2) is 60.6 Å². The van der Waals surface area contributed by atoms with Crippen LogP contribution in [0, 0.1) is 11.8 Å². The Morgan fingerprint density at radius 1 is 1.33 bits per heavy atom. The standard InChI is InChI=1S/C19H35N5/c1-16-12-17(2)14-24(13-16)11-7-9-21-19(20-3)23(5)15-18-8-6-10-22(18)4/h6,8,10,16-17H,7,9,11-15H2,1-5H3,(H,20,21). The first-order valence-electron chi connectivity index (χ1n) is 9.24. The van der Waals surface area contributed by atoms with E-state index < -0.39 is 0 Å². The molecule has 1 aliphatic rings. The van der Waals surface area contributed by atoms with Crippen LogP contribution in [0.25, 0.3) is 0 Å². The average molecular weight is 334 g/mol. The second-order valence-corrected chi connectivity index (χ2v) is 7.50. The van der Waals surface area contributed by atoms with E-state index in [1.54, 1.807) is 0 Å². The van der Waals surface area contributed by atoms with Gasteiger partial charge in [-0.25, -0.2) is 0 Å². The molecule has 1 aromatic rings. The van der Waals surface area contributed by atoms with Gasteiger partial charge in [-0.1, -0.05) is 13.8 Å². The quantitative estimate of drug-likeness (QED) is 0.493. The van der Waals surface area contributed by atoms with Crippen LogP contribution in [0.5, 0.6) is 0 Å². The van der Waals surface area contributed by atoms with Crippen LogP contribution >= 0.6 is 0 Å². The zero-order valence-electron chi connectivity index (χ0n) is 16.1. The van der Waals surface area contributed by atoms with Crippen molar-refractivity contribution < 1.29 is 0 Å². The van der Waals surface area contributed by atoms with Gasteiger partial charge in [-0.15, -0.1) is 0 Å². The van der Waals surface area contributed by atoms with Crippen LogP contribution in [0.15, 0.2) is 23.3 Å². The van der Waals surface area contributed by atoms with Gasteiger partial charge in [0.15, 0.2) is 5.96 Å². The maximum atomic E-state index is 4.42. The van der Waals surface area contributed by atoms with E-state index in [2.05, 4.69) is 70.9 Å². The van der Waals surface area contributed by atoms with Crippen LogP contribution in [0.1, 0.15) is 32.4 Å². The molecule has 0 radical (unpaired) electrons. The van der Waals surface area contributed by atoms with Crippen LogP contribution in [0.4, 0.5) is 0 Å². The van der Waals surface area contributed by atoms with Crippen LogP contribution in [0.3, 0.4) is 0 Å². The van der Waals surface area contributed by atoms with Crippen molar-refractivity contribution in [2.45, 2.75) is 33.2 Å². The van der Waals surface area contributed by atoms with E-state index in [-0.39, 0.29) is 0 Å². The fourth-order valence-electron chi connectivity index (χ4n) is 3.84. The van der Waals surface area contributed by atoms with Crippen LogP contribution in [0.2, 0.25) is 0 Å². The molecule has 0 amide bonds. The van der Waals surface area contributed by atoms with Gasteiger partial charge in [0.1, 0.15) is 0 Å². The van der Waals surface area contributed by atoms with Gasteiger partial charge < -0.3 is 19.7 Å². The highest BCUT2D eigenvalue weighted by atomic mass is 15.3.